The lowest BCUT2D eigenvalue weighted by Gasteiger charge is -2.48. The van der Waals surface area contributed by atoms with Crippen LogP contribution in [-0.4, -0.2) is 151 Å². The van der Waals surface area contributed by atoms with Gasteiger partial charge in [-0.05, 0) is 102 Å². The fourth-order valence-electron chi connectivity index (χ4n) is 8.86. The molecule has 6 N–H and O–H groups in total. The van der Waals surface area contributed by atoms with Crippen molar-refractivity contribution in [1.82, 2.24) is 46.5 Å². The number of amides is 4. The van der Waals surface area contributed by atoms with Crippen molar-refractivity contribution in [1.29, 1.82) is 0 Å². The number of anilines is 1. The number of hydrazine groups is 1. The molecule has 428 valence electrons. The van der Waals surface area contributed by atoms with Crippen LogP contribution < -0.4 is 31.7 Å². The second kappa shape index (κ2) is 24.5. The van der Waals surface area contributed by atoms with Gasteiger partial charge in [0, 0.05) is 60.7 Å². The molecular weight excluding hydrogens is 1060 g/mol. The minimum absolute atomic E-state index is 0.146. The number of rotatable bonds is 19. The number of carbonyl (C=O) groups excluding carboxylic acids is 4. The van der Waals surface area contributed by atoms with Crippen LogP contribution in [0.4, 0.5) is 50.5 Å². The lowest BCUT2D eigenvalue weighted by atomic mass is 9.82. The molecule has 1 saturated carbocycles. The average Bonchev–Trinajstić information content (AvgIpc) is 4.14. The number of aromatic nitrogens is 3. The molecule has 2 aliphatic heterocycles. The van der Waals surface area contributed by atoms with Gasteiger partial charge in [0.25, 0.3) is 5.91 Å². The van der Waals surface area contributed by atoms with E-state index in [1.54, 1.807) is 47.4 Å². The van der Waals surface area contributed by atoms with E-state index in [0.717, 1.165) is 51.0 Å². The first-order chi connectivity index (χ1) is 37.2. The number of benzene rings is 2. The molecule has 79 heavy (non-hydrogen) atoms. The number of nitrogens with one attached hydrogen (secondary N) is 5. The molecule has 0 spiro atoms. The van der Waals surface area contributed by atoms with Crippen LogP contribution in [0.3, 0.4) is 0 Å². The molecule has 4 amide bonds. The summed E-state index contributed by atoms with van der Waals surface area (Å²) in [6.07, 6.45) is -10.7. The predicted molar refractivity (Wildman–Crippen MR) is 270 cm³/mol. The molecule has 4 aromatic rings. The summed E-state index contributed by atoms with van der Waals surface area (Å²) in [6.45, 7) is 3.76. The maximum absolute atomic E-state index is 15.2. The topological polar surface area (TPSA) is 214 Å². The van der Waals surface area contributed by atoms with Gasteiger partial charge in [-0.2, -0.15) is 31.4 Å². The number of halogens is 8. The molecule has 18 nitrogen and oxygen atoms in total. The number of nitrogens with zero attached hydrogens (tertiary/aromatic N) is 5. The molecule has 2 saturated heterocycles. The number of alkyl halides is 6. The van der Waals surface area contributed by atoms with E-state index in [1.165, 1.54) is 0 Å². The average molecular weight is 1120 g/mol. The third-order valence-corrected chi connectivity index (χ3v) is 14.5. The predicted octanol–water partition coefficient (Wildman–Crippen LogP) is 5.73. The van der Waals surface area contributed by atoms with Gasteiger partial charge < -0.3 is 40.2 Å². The molecule has 7 rings (SSSR count). The number of likely N-dealkylation sites (N-methyl/N-ethyl adjacent to an activating group) is 1. The minimum atomic E-state index is -5.18. The van der Waals surface area contributed by atoms with Crippen molar-refractivity contribution in [3.8, 4) is 23.1 Å². The highest BCUT2D eigenvalue weighted by Gasteiger charge is 2.57. The SMILES string of the molecule is COC(=O)N[C@H](C(=O)NNC[C@H](O)[C@H](Cc1ccc(C#Cc2ccc(N3CC4COCC(C3)N4C)nc2)cc1)NC(=O)[C@@H](NC(=O)OCCc1c(F)cc(-c2ccn(C3CC3)n2)cc1F)C(C)(C)C(F)(F)F)C(C)(C)C(F)(F)F. The Morgan fingerprint density at radius 2 is 1.38 bits per heavy atom. The first-order valence-corrected chi connectivity index (χ1v) is 25.2. The van der Waals surface area contributed by atoms with Crippen molar-refractivity contribution < 1.29 is 73.6 Å². The highest BCUT2D eigenvalue weighted by atomic mass is 19.4. The van der Waals surface area contributed by atoms with Gasteiger partial charge >= 0.3 is 24.5 Å². The van der Waals surface area contributed by atoms with Gasteiger partial charge in [-0.3, -0.25) is 24.6 Å². The summed E-state index contributed by atoms with van der Waals surface area (Å²) >= 11 is 0. The van der Waals surface area contributed by atoms with Crippen molar-refractivity contribution >= 4 is 29.8 Å². The fourth-order valence-corrected chi connectivity index (χ4v) is 8.86. The largest absolute Gasteiger partial charge is 0.453 e. The quantitative estimate of drug-likeness (QED) is 0.0377. The Bertz CT molecular complexity index is 2830. The van der Waals surface area contributed by atoms with Crippen molar-refractivity contribution in [2.24, 2.45) is 10.8 Å². The van der Waals surface area contributed by atoms with E-state index in [1.807, 2.05) is 28.2 Å². The van der Waals surface area contributed by atoms with E-state index in [4.69, 9.17) is 9.47 Å². The smallest absolute Gasteiger partial charge is 0.407 e. The highest BCUT2D eigenvalue weighted by molar-refractivity contribution is 5.87. The first-order valence-electron chi connectivity index (χ1n) is 25.2. The van der Waals surface area contributed by atoms with Crippen molar-refractivity contribution in [3.05, 3.63) is 101 Å². The number of piperazine rings is 1. The van der Waals surface area contributed by atoms with Crippen molar-refractivity contribution in [2.75, 3.05) is 58.5 Å². The summed E-state index contributed by atoms with van der Waals surface area (Å²) in [4.78, 5) is 61.6. The van der Waals surface area contributed by atoms with Gasteiger partial charge in [-0.1, -0.05) is 24.0 Å². The number of morpholine rings is 1. The number of ether oxygens (including phenoxy) is 3. The number of aliphatic hydroxyl groups is 1. The summed E-state index contributed by atoms with van der Waals surface area (Å²) in [5.74, 6) is 1.93. The van der Waals surface area contributed by atoms with Gasteiger partial charge in [0.15, 0.2) is 0 Å². The van der Waals surface area contributed by atoms with Crippen LogP contribution in [0.1, 0.15) is 68.8 Å². The molecule has 2 unspecified atom stereocenters. The van der Waals surface area contributed by atoms with Crippen LogP contribution in [0, 0.1) is 34.3 Å². The number of pyridine rings is 1. The second-order valence-electron chi connectivity index (χ2n) is 20.8. The normalized spacial score (nSPS) is 18.5. The summed E-state index contributed by atoms with van der Waals surface area (Å²) in [7, 11) is 2.95. The van der Waals surface area contributed by atoms with E-state index in [9.17, 15) is 50.6 Å². The Morgan fingerprint density at radius 1 is 0.797 bits per heavy atom. The van der Waals surface area contributed by atoms with Gasteiger partial charge in [-0.25, -0.2) is 28.8 Å². The number of aliphatic hydroxyl groups excluding tert-OH is 1. The summed E-state index contributed by atoms with van der Waals surface area (Å²) in [5, 5.41) is 21.9. The van der Waals surface area contributed by atoms with Crippen LogP contribution in [0.15, 0.2) is 67.0 Å². The monoisotopic (exact) mass is 1120 g/mol. The Labute approximate surface area is 450 Å². The molecule has 0 radical (unpaired) electrons. The Morgan fingerprint density at radius 3 is 1.95 bits per heavy atom. The Kier molecular flexibility index (Phi) is 18.5. The maximum atomic E-state index is 15.2. The lowest BCUT2D eigenvalue weighted by molar-refractivity contribution is -0.221. The lowest BCUT2D eigenvalue weighted by Crippen LogP contribution is -2.63. The fraction of sp³-hybridized carbons (Fsp3) is 0.509. The summed E-state index contributed by atoms with van der Waals surface area (Å²) in [5.41, 5.74) is -0.240. The van der Waals surface area contributed by atoms with Crippen LogP contribution in [0.5, 0.6) is 0 Å². The third-order valence-electron chi connectivity index (χ3n) is 14.5. The first kappa shape index (κ1) is 59.6. The van der Waals surface area contributed by atoms with Gasteiger partial charge in [0.1, 0.15) is 29.5 Å². The number of carbonyl (C=O) groups is 4. The second-order valence-corrected chi connectivity index (χ2v) is 20.8. The third kappa shape index (κ3) is 14.6. The molecule has 3 fully saturated rings. The molecule has 2 aromatic carbocycles. The van der Waals surface area contributed by atoms with Crippen molar-refractivity contribution in [3.63, 3.8) is 0 Å². The molecule has 1 aliphatic carbocycles. The summed E-state index contributed by atoms with van der Waals surface area (Å²) in [6, 6.07) is 8.06. The molecule has 2 aromatic heterocycles. The number of methoxy groups -OCH3 is 1. The van der Waals surface area contributed by atoms with Crippen LogP contribution in [0.2, 0.25) is 0 Å². The van der Waals surface area contributed by atoms with E-state index in [-0.39, 0.29) is 30.1 Å². The minimum Gasteiger partial charge on any atom is -0.453 e. The number of hydrogen-bond donors (Lipinski definition) is 6. The maximum Gasteiger partial charge on any atom is 0.407 e. The molecule has 26 heteroatoms. The van der Waals surface area contributed by atoms with E-state index < -0.39 is 108 Å². The van der Waals surface area contributed by atoms with Crippen molar-refractivity contribution in [2.45, 2.75) is 108 Å². The zero-order valence-electron chi connectivity index (χ0n) is 44.0. The molecular formula is C53H62F8N10O8. The Balaban J connectivity index is 1.05. The molecule has 6 atom stereocenters. The zero-order chi connectivity index (χ0) is 57.6. The zero-order valence-corrected chi connectivity index (χ0v) is 44.0. The van der Waals surface area contributed by atoms with Crippen LogP contribution in [-0.2, 0) is 36.6 Å². The van der Waals surface area contributed by atoms with Gasteiger partial charge in [0.05, 0.1) is 73.7 Å². The van der Waals surface area contributed by atoms with E-state index in [0.29, 0.717) is 63.3 Å². The molecule has 3 aliphatic rings. The number of alkyl carbamates (subject to hydrolysis) is 2. The van der Waals surface area contributed by atoms with Crippen LogP contribution in [0.25, 0.3) is 11.3 Å². The van der Waals surface area contributed by atoms with Gasteiger partial charge in [-0.15, -0.1) is 0 Å². The highest BCUT2D eigenvalue weighted by Crippen LogP contribution is 2.42. The van der Waals surface area contributed by atoms with Gasteiger partial charge in [0.2, 0.25) is 5.91 Å². The van der Waals surface area contributed by atoms with E-state index >= 15 is 8.78 Å². The Hall–Kier alpha value is -7.08. The summed E-state index contributed by atoms with van der Waals surface area (Å²) < 4.78 is 134. The number of fused-ring (bicyclic) bond motifs is 2. The standard InChI is InChI=1S/C53H62F8N10O8/c1-50(2,52(56,57)58)44(66-49(76)79-20-18-37-38(54)22-33(23-39(37)55)40-17-19-71(68-40)34-14-15-34)46(73)64-41(42(72)25-63-67-47(74)45(65-48(75)77-6)51(3,4)53(59,60)61)21-31-10-7-30(8-11-31)9-12-32-13-16-43(62-24-32)70-26-35-28-78-29-36(27-70)69(35)5/h7-8,10-11,13,16-17,19,22-24,34-36,41-42,44-45,63,72H,14-15,18,20-21,25-29H2,1-6H3,(H,64,73)(H,65,75)(H,66,76)(H,67,74)/t35?,36?,41-,42-,44+,45+/m0/s1. The molecule has 2 bridgehead atoms. The molecule has 4 heterocycles. The van der Waals surface area contributed by atoms with Crippen LogP contribution >= 0.6 is 0 Å². The van der Waals surface area contributed by atoms with E-state index in [2.05, 4.69) is 54.3 Å². The number of hydrogen-bond acceptors (Lipinski definition) is 13.